The SMILES string of the molecule is CC(=O)c1c[nH]c(C(=O)N2CCCC(C)(C(=O)O)C2)c1. The number of rotatable bonds is 3. The minimum Gasteiger partial charge on any atom is -0.481 e. The van der Waals surface area contributed by atoms with Gasteiger partial charge in [0, 0.05) is 24.8 Å². The number of aliphatic carboxylic acids is 1. The van der Waals surface area contributed by atoms with E-state index in [0.29, 0.717) is 30.6 Å². The number of carbonyl (C=O) groups is 3. The quantitative estimate of drug-likeness (QED) is 0.821. The Hall–Kier alpha value is -2.11. The number of aromatic amines is 1. The highest BCUT2D eigenvalue weighted by Gasteiger charge is 2.39. The lowest BCUT2D eigenvalue weighted by Gasteiger charge is -2.37. The summed E-state index contributed by atoms with van der Waals surface area (Å²) >= 11 is 0. The molecule has 0 saturated carbocycles. The van der Waals surface area contributed by atoms with E-state index in [2.05, 4.69) is 4.98 Å². The highest BCUT2D eigenvalue weighted by molar-refractivity contribution is 5.99. The highest BCUT2D eigenvalue weighted by atomic mass is 16.4. The van der Waals surface area contributed by atoms with Crippen molar-refractivity contribution in [2.75, 3.05) is 13.1 Å². The van der Waals surface area contributed by atoms with Crippen LogP contribution in [0.15, 0.2) is 12.3 Å². The molecule has 1 fully saturated rings. The summed E-state index contributed by atoms with van der Waals surface area (Å²) in [4.78, 5) is 39.2. The number of aromatic nitrogens is 1. The van der Waals surface area contributed by atoms with E-state index in [4.69, 9.17) is 0 Å². The number of carboxylic acids is 1. The van der Waals surface area contributed by atoms with Gasteiger partial charge in [-0.2, -0.15) is 0 Å². The summed E-state index contributed by atoms with van der Waals surface area (Å²) < 4.78 is 0. The maximum atomic E-state index is 12.3. The van der Waals surface area contributed by atoms with Gasteiger partial charge in [0.05, 0.1) is 5.41 Å². The van der Waals surface area contributed by atoms with Crippen molar-refractivity contribution in [1.29, 1.82) is 0 Å². The van der Waals surface area contributed by atoms with Crippen LogP contribution in [0.1, 0.15) is 47.5 Å². The zero-order chi connectivity index (χ0) is 14.9. The molecule has 1 aliphatic rings. The average molecular weight is 278 g/mol. The van der Waals surface area contributed by atoms with Gasteiger partial charge in [0.2, 0.25) is 0 Å². The fraction of sp³-hybridized carbons (Fsp3) is 0.500. The predicted octanol–water partition coefficient (Wildman–Crippen LogP) is 1.54. The Kier molecular flexibility index (Phi) is 3.65. The van der Waals surface area contributed by atoms with Crippen LogP contribution in [0.4, 0.5) is 0 Å². The van der Waals surface area contributed by atoms with Crippen molar-refractivity contribution in [2.45, 2.75) is 26.7 Å². The van der Waals surface area contributed by atoms with E-state index >= 15 is 0 Å². The van der Waals surface area contributed by atoms with Crippen LogP contribution in [0.3, 0.4) is 0 Å². The van der Waals surface area contributed by atoms with Gasteiger partial charge in [-0.1, -0.05) is 0 Å². The molecule has 0 spiro atoms. The third-order valence-electron chi connectivity index (χ3n) is 3.82. The Morgan fingerprint density at radius 1 is 1.40 bits per heavy atom. The molecule has 2 rings (SSSR count). The van der Waals surface area contributed by atoms with Gasteiger partial charge in [-0.3, -0.25) is 14.4 Å². The molecule has 108 valence electrons. The van der Waals surface area contributed by atoms with Crippen LogP contribution in [0.25, 0.3) is 0 Å². The first kappa shape index (κ1) is 14.3. The molecule has 6 nitrogen and oxygen atoms in total. The molecular formula is C14H18N2O4. The Labute approximate surface area is 116 Å². The summed E-state index contributed by atoms with van der Waals surface area (Å²) in [7, 11) is 0. The van der Waals surface area contributed by atoms with E-state index in [1.807, 2.05) is 0 Å². The maximum absolute atomic E-state index is 12.3. The zero-order valence-corrected chi connectivity index (χ0v) is 11.6. The summed E-state index contributed by atoms with van der Waals surface area (Å²) in [6.07, 6.45) is 2.72. The monoisotopic (exact) mass is 278 g/mol. The summed E-state index contributed by atoms with van der Waals surface area (Å²) in [5.74, 6) is -1.26. The number of likely N-dealkylation sites (tertiary alicyclic amines) is 1. The standard InChI is InChI=1S/C14H18N2O4/c1-9(17)10-6-11(15-7-10)12(18)16-5-3-4-14(2,8-16)13(19)20/h6-7,15H,3-5,8H2,1-2H3,(H,19,20). The average Bonchev–Trinajstić information content (AvgIpc) is 2.87. The first-order valence-corrected chi connectivity index (χ1v) is 6.55. The second-order valence-corrected chi connectivity index (χ2v) is 5.55. The van der Waals surface area contributed by atoms with Gasteiger partial charge in [0.25, 0.3) is 5.91 Å². The Morgan fingerprint density at radius 2 is 2.10 bits per heavy atom. The van der Waals surface area contributed by atoms with Crippen LogP contribution in [0.2, 0.25) is 0 Å². The zero-order valence-electron chi connectivity index (χ0n) is 11.6. The maximum Gasteiger partial charge on any atom is 0.311 e. The van der Waals surface area contributed by atoms with Gasteiger partial charge in [0.1, 0.15) is 5.69 Å². The van der Waals surface area contributed by atoms with Crippen molar-refractivity contribution in [2.24, 2.45) is 5.41 Å². The molecule has 1 unspecified atom stereocenters. The van der Waals surface area contributed by atoms with Crippen LogP contribution in [0.5, 0.6) is 0 Å². The fourth-order valence-electron chi connectivity index (χ4n) is 2.48. The number of ketones is 1. The predicted molar refractivity (Wildman–Crippen MR) is 71.7 cm³/mol. The molecule has 0 aromatic carbocycles. The molecule has 1 aliphatic heterocycles. The second-order valence-electron chi connectivity index (χ2n) is 5.55. The van der Waals surface area contributed by atoms with E-state index in [0.717, 1.165) is 0 Å². The van der Waals surface area contributed by atoms with E-state index in [1.54, 1.807) is 6.92 Å². The molecule has 0 bridgehead atoms. The van der Waals surface area contributed by atoms with E-state index < -0.39 is 11.4 Å². The number of Topliss-reactive ketones (excluding diaryl/α,β-unsaturated/α-hetero) is 1. The Balaban J connectivity index is 2.16. The molecule has 1 amide bonds. The van der Waals surface area contributed by atoms with Crippen LogP contribution in [-0.2, 0) is 4.79 Å². The van der Waals surface area contributed by atoms with Crippen LogP contribution >= 0.6 is 0 Å². The van der Waals surface area contributed by atoms with Gasteiger partial charge in [-0.15, -0.1) is 0 Å². The number of amides is 1. The van der Waals surface area contributed by atoms with Gasteiger partial charge in [-0.05, 0) is 32.8 Å². The summed E-state index contributed by atoms with van der Waals surface area (Å²) in [6, 6.07) is 1.51. The molecule has 1 saturated heterocycles. The third-order valence-corrected chi connectivity index (χ3v) is 3.82. The van der Waals surface area contributed by atoms with Crippen molar-refractivity contribution < 1.29 is 19.5 Å². The number of hydrogen-bond acceptors (Lipinski definition) is 3. The molecule has 1 aromatic rings. The molecule has 1 atom stereocenters. The molecular weight excluding hydrogens is 260 g/mol. The summed E-state index contributed by atoms with van der Waals surface area (Å²) in [5, 5.41) is 9.25. The van der Waals surface area contributed by atoms with Gasteiger partial charge in [-0.25, -0.2) is 0 Å². The minimum absolute atomic E-state index is 0.116. The lowest BCUT2D eigenvalue weighted by atomic mass is 9.82. The first-order chi connectivity index (χ1) is 9.33. The van der Waals surface area contributed by atoms with Crippen molar-refractivity contribution in [3.8, 4) is 0 Å². The smallest absolute Gasteiger partial charge is 0.311 e. The number of hydrogen-bond donors (Lipinski definition) is 2. The van der Waals surface area contributed by atoms with Crippen LogP contribution in [-0.4, -0.2) is 45.7 Å². The lowest BCUT2D eigenvalue weighted by molar-refractivity contribution is -0.150. The molecule has 2 N–H and O–H groups in total. The summed E-state index contributed by atoms with van der Waals surface area (Å²) in [6.45, 7) is 3.82. The number of carbonyl (C=O) groups excluding carboxylic acids is 2. The molecule has 2 heterocycles. The number of piperidine rings is 1. The molecule has 0 radical (unpaired) electrons. The third kappa shape index (κ3) is 2.59. The molecule has 6 heteroatoms. The van der Waals surface area contributed by atoms with Crippen LogP contribution < -0.4 is 0 Å². The Bertz CT molecular complexity index is 563. The molecule has 0 aliphatic carbocycles. The second kappa shape index (κ2) is 5.11. The fourth-order valence-corrected chi connectivity index (χ4v) is 2.48. The van der Waals surface area contributed by atoms with Crippen LogP contribution in [0, 0.1) is 5.41 Å². The van der Waals surface area contributed by atoms with E-state index in [1.165, 1.54) is 24.1 Å². The topological polar surface area (TPSA) is 90.5 Å². The summed E-state index contributed by atoms with van der Waals surface area (Å²) in [5.41, 5.74) is -0.125. The highest BCUT2D eigenvalue weighted by Crippen LogP contribution is 2.30. The largest absolute Gasteiger partial charge is 0.481 e. The number of H-pyrrole nitrogens is 1. The van der Waals surface area contributed by atoms with E-state index in [9.17, 15) is 19.5 Å². The van der Waals surface area contributed by atoms with Gasteiger partial charge < -0.3 is 15.0 Å². The Morgan fingerprint density at radius 3 is 2.65 bits per heavy atom. The number of carboxylic acid groups (broad SMARTS) is 1. The molecule has 20 heavy (non-hydrogen) atoms. The van der Waals surface area contributed by atoms with Gasteiger partial charge in [0.15, 0.2) is 5.78 Å². The molecule has 1 aromatic heterocycles. The van der Waals surface area contributed by atoms with Crippen molar-refractivity contribution in [3.63, 3.8) is 0 Å². The van der Waals surface area contributed by atoms with Gasteiger partial charge >= 0.3 is 5.97 Å². The number of nitrogens with zero attached hydrogens (tertiary/aromatic N) is 1. The minimum atomic E-state index is -0.899. The first-order valence-electron chi connectivity index (χ1n) is 6.55. The normalized spacial score (nSPS) is 22.6. The van der Waals surface area contributed by atoms with Crippen molar-refractivity contribution >= 4 is 17.7 Å². The lowest BCUT2D eigenvalue weighted by Crippen LogP contribution is -2.48. The van der Waals surface area contributed by atoms with Crippen molar-refractivity contribution in [1.82, 2.24) is 9.88 Å². The van der Waals surface area contributed by atoms with E-state index in [-0.39, 0.29) is 18.2 Å². The number of nitrogens with one attached hydrogen (secondary N) is 1. The van der Waals surface area contributed by atoms with Crippen molar-refractivity contribution in [3.05, 3.63) is 23.5 Å².